The Hall–Kier alpha value is -2.19. The molecule has 1 saturated heterocycles. The lowest BCUT2D eigenvalue weighted by atomic mass is 10.1. The molecule has 30 heavy (non-hydrogen) atoms. The minimum Gasteiger partial charge on any atom is -0.467 e. The minimum atomic E-state index is -3.53. The van der Waals surface area contributed by atoms with Crippen LogP contribution >= 0.6 is 22.9 Å². The van der Waals surface area contributed by atoms with Gasteiger partial charge >= 0.3 is 0 Å². The van der Waals surface area contributed by atoms with Crippen LogP contribution in [0.25, 0.3) is 21.0 Å². The molecule has 0 saturated carbocycles. The highest BCUT2D eigenvalue weighted by molar-refractivity contribution is 7.89. The van der Waals surface area contributed by atoms with Crippen molar-refractivity contribution < 1.29 is 13.2 Å². The molecule has 0 radical (unpaired) electrons. The zero-order valence-corrected chi connectivity index (χ0v) is 18.4. The van der Waals surface area contributed by atoms with Crippen LogP contribution in [0.5, 0.6) is 5.19 Å². The highest BCUT2D eigenvalue weighted by Gasteiger charge is 2.30. The molecular weight excluding hydrogens is 440 g/mol. The van der Waals surface area contributed by atoms with Gasteiger partial charge in [0.2, 0.25) is 10.0 Å². The number of fused-ring (bicyclic) bond motifs is 2. The number of piperidine rings is 1. The summed E-state index contributed by atoms with van der Waals surface area (Å²) >= 11 is 7.65. The summed E-state index contributed by atoms with van der Waals surface area (Å²) in [5.74, 6) is 0. The van der Waals surface area contributed by atoms with Crippen molar-refractivity contribution in [3.63, 3.8) is 0 Å². The topological polar surface area (TPSA) is 59.5 Å². The Balaban J connectivity index is 1.28. The van der Waals surface area contributed by atoms with Gasteiger partial charge in [-0.15, -0.1) is 0 Å². The lowest BCUT2D eigenvalue weighted by Gasteiger charge is -2.30. The van der Waals surface area contributed by atoms with Gasteiger partial charge in [-0.05, 0) is 47.9 Å². The third kappa shape index (κ3) is 3.67. The van der Waals surface area contributed by atoms with Crippen molar-refractivity contribution in [3.05, 3.63) is 65.7 Å². The molecule has 3 aromatic carbocycles. The molecule has 5 rings (SSSR count). The summed E-state index contributed by atoms with van der Waals surface area (Å²) in [6.07, 6.45) is 1.18. The third-order valence-electron chi connectivity index (χ3n) is 5.38. The number of nitrogens with zero attached hydrogens (tertiary/aromatic N) is 2. The summed E-state index contributed by atoms with van der Waals surface area (Å²) in [4.78, 5) is 4.82. The van der Waals surface area contributed by atoms with Crippen LogP contribution in [0.4, 0.5) is 0 Å². The second-order valence-electron chi connectivity index (χ2n) is 7.30. The van der Waals surface area contributed by atoms with E-state index in [0.717, 1.165) is 21.0 Å². The molecule has 0 spiro atoms. The second-order valence-corrected chi connectivity index (χ2v) is 10.6. The lowest BCUT2D eigenvalue weighted by Crippen LogP contribution is -2.41. The quantitative estimate of drug-likeness (QED) is 0.414. The van der Waals surface area contributed by atoms with Crippen LogP contribution in [-0.4, -0.2) is 36.9 Å². The van der Waals surface area contributed by atoms with Crippen LogP contribution in [0, 0.1) is 0 Å². The number of hydrogen-bond donors (Lipinski definition) is 0. The van der Waals surface area contributed by atoms with E-state index in [1.165, 1.54) is 11.3 Å². The average molecular weight is 459 g/mol. The number of sulfonamides is 1. The van der Waals surface area contributed by atoms with E-state index in [1.807, 2.05) is 48.5 Å². The molecule has 1 aliphatic heterocycles. The molecule has 0 amide bonds. The van der Waals surface area contributed by atoms with Crippen molar-refractivity contribution >= 4 is 54.0 Å². The SMILES string of the molecule is O=S(=O)(c1ccc2ccccc2c1)N1CCC(Oc2nc3c(Cl)cccc3s2)CC1. The van der Waals surface area contributed by atoms with Crippen LogP contribution < -0.4 is 4.74 Å². The molecule has 0 N–H and O–H groups in total. The Morgan fingerprint density at radius 3 is 2.53 bits per heavy atom. The first-order valence-electron chi connectivity index (χ1n) is 9.71. The van der Waals surface area contributed by atoms with Crippen LogP contribution in [0.3, 0.4) is 0 Å². The van der Waals surface area contributed by atoms with Gasteiger partial charge in [-0.25, -0.2) is 13.4 Å². The smallest absolute Gasteiger partial charge is 0.274 e. The number of rotatable bonds is 4. The predicted molar refractivity (Wildman–Crippen MR) is 121 cm³/mol. The zero-order chi connectivity index (χ0) is 20.7. The fourth-order valence-corrected chi connectivity index (χ4v) is 6.44. The number of halogens is 1. The van der Waals surface area contributed by atoms with Crippen LogP contribution in [0.15, 0.2) is 65.6 Å². The van der Waals surface area contributed by atoms with Crippen molar-refractivity contribution in [2.75, 3.05) is 13.1 Å². The number of para-hydroxylation sites is 1. The summed E-state index contributed by atoms with van der Waals surface area (Å²) in [5, 5.41) is 3.13. The van der Waals surface area contributed by atoms with Gasteiger partial charge in [-0.3, -0.25) is 0 Å². The monoisotopic (exact) mass is 458 g/mol. The number of benzene rings is 3. The number of aromatic nitrogens is 1. The first kappa shape index (κ1) is 19.8. The second kappa shape index (κ2) is 7.81. The largest absolute Gasteiger partial charge is 0.467 e. The molecule has 0 unspecified atom stereocenters. The molecule has 5 nitrogen and oxygen atoms in total. The van der Waals surface area contributed by atoms with Crippen molar-refractivity contribution in [3.8, 4) is 5.19 Å². The fourth-order valence-electron chi connectivity index (χ4n) is 3.75. The molecule has 1 fully saturated rings. The summed E-state index contributed by atoms with van der Waals surface area (Å²) in [5.41, 5.74) is 0.746. The number of ether oxygens (including phenoxy) is 1. The van der Waals surface area contributed by atoms with Gasteiger partial charge in [0.15, 0.2) is 0 Å². The molecule has 0 aliphatic carbocycles. The molecule has 4 aromatic rings. The van der Waals surface area contributed by atoms with Crippen molar-refractivity contribution in [2.45, 2.75) is 23.8 Å². The van der Waals surface area contributed by atoms with E-state index in [0.29, 0.717) is 41.0 Å². The van der Waals surface area contributed by atoms with Gasteiger partial charge in [0, 0.05) is 13.1 Å². The van der Waals surface area contributed by atoms with Gasteiger partial charge in [0.05, 0.1) is 14.6 Å². The maximum atomic E-state index is 13.1. The van der Waals surface area contributed by atoms with E-state index in [9.17, 15) is 8.42 Å². The van der Waals surface area contributed by atoms with E-state index in [1.54, 1.807) is 16.4 Å². The van der Waals surface area contributed by atoms with E-state index in [-0.39, 0.29) is 6.10 Å². The van der Waals surface area contributed by atoms with Gasteiger partial charge in [-0.2, -0.15) is 4.31 Å². The summed E-state index contributed by atoms with van der Waals surface area (Å²) in [7, 11) is -3.53. The molecule has 2 heterocycles. The molecule has 1 aliphatic rings. The van der Waals surface area contributed by atoms with Crippen molar-refractivity contribution in [1.82, 2.24) is 9.29 Å². The molecular formula is C22H19ClN2O3S2. The van der Waals surface area contributed by atoms with Crippen molar-refractivity contribution in [1.29, 1.82) is 0 Å². The predicted octanol–water partition coefficient (Wildman–Crippen LogP) is 5.34. The van der Waals surface area contributed by atoms with Crippen LogP contribution in [-0.2, 0) is 10.0 Å². The Morgan fingerprint density at radius 2 is 1.77 bits per heavy atom. The zero-order valence-electron chi connectivity index (χ0n) is 16.0. The van der Waals surface area contributed by atoms with E-state index in [2.05, 4.69) is 4.98 Å². The van der Waals surface area contributed by atoms with Crippen molar-refractivity contribution in [2.24, 2.45) is 0 Å². The van der Waals surface area contributed by atoms with Gasteiger partial charge in [0.1, 0.15) is 11.6 Å². The van der Waals surface area contributed by atoms with E-state index < -0.39 is 10.0 Å². The third-order valence-corrected chi connectivity index (χ3v) is 8.49. The Morgan fingerprint density at radius 1 is 1.00 bits per heavy atom. The molecule has 154 valence electrons. The van der Waals surface area contributed by atoms with Gasteiger partial charge in [0.25, 0.3) is 5.19 Å². The summed E-state index contributed by atoms with van der Waals surface area (Å²) in [6, 6.07) is 18.7. The summed E-state index contributed by atoms with van der Waals surface area (Å²) < 4.78 is 34.8. The van der Waals surface area contributed by atoms with Crippen LogP contribution in [0.1, 0.15) is 12.8 Å². The Bertz CT molecular complexity index is 1330. The maximum Gasteiger partial charge on any atom is 0.274 e. The van der Waals surface area contributed by atoms with Gasteiger partial charge < -0.3 is 4.74 Å². The number of hydrogen-bond acceptors (Lipinski definition) is 5. The maximum absolute atomic E-state index is 13.1. The molecule has 0 atom stereocenters. The Labute approximate surface area is 183 Å². The van der Waals surface area contributed by atoms with Crippen LogP contribution in [0.2, 0.25) is 5.02 Å². The highest BCUT2D eigenvalue weighted by Crippen LogP contribution is 2.34. The lowest BCUT2D eigenvalue weighted by molar-refractivity contribution is 0.135. The number of thiazole rings is 1. The first-order valence-corrected chi connectivity index (χ1v) is 12.3. The normalized spacial score (nSPS) is 16.3. The van der Waals surface area contributed by atoms with Gasteiger partial charge in [-0.1, -0.05) is 59.3 Å². The average Bonchev–Trinajstić information content (AvgIpc) is 3.18. The Kier molecular flexibility index (Phi) is 5.14. The highest BCUT2D eigenvalue weighted by atomic mass is 35.5. The molecule has 0 bridgehead atoms. The fraction of sp³-hybridized carbons (Fsp3) is 0.227. The van der Waals surface area contributed by atoms with E-state index in [4.69, 9.17) is 16.3 Å². The molecule has 1 aromatic heterocycles. The van der Waals surface area contributed by atoms with E-state index >= 15 is 0 Å². The molecule has 8 heteroatoms. The minimum absolute atomic E-state index is 0.0626. The first-order chi connectivity index (χ1) is 14.5. The summed E-state index contributed by atoms with van der Waals surface area (Å²) in [6.45, 7) is 0.844. The standard InChI is InChI=1S/C22H19ClN2O3S2/c23-19-6-3-7-20-21(19)24-22(29-20)28-17-10-12-25(13-11-17)30(26,27)18-9-8-15-4-1-2-5-16(15)14-18/h1-9,14,17H,10-13H2.